The SMILES string of the molecule is O=C(NCc1ccc2sccc2c1)[C@@H]1CCC(=O)N(CCN2CCOCC2)C1. The molecule has 0 spiro atoms. The average molecular weight is 402 g/mol. The van der Waals surface area contributed by atoms with E-state index in [1.165, 1.54) is 10.1 Å². The number of morpholine rings is 1. The summed E-state index contributed by atoms with van der Waals surface area (Å²) in [5, 5.41) is 6.36. The number of benzene rings is 1. The van der Waals surface area contributed by atoms with E-state index in [0.717, 1.165) is 38.4 Å². The van der Waals surface area contributed by atoms with Crippen molar-refractivity contribution in [2.45, 2.75) is 19.4 Å². The van der Waals surface area contributed by atoms with Gasteiger partial charge in [-0.15, -0.1) is 11.3 Å². The van der Waals surface area contributed by atoms with Crippen molar-refractivity contribution < 1.29 is 14.3 Å². The molecule has 0 radical (unpaired) electrons. The zero-order valence-electron chi connectivity index (χ0n) is 16.1. The molecule has 7 heteroatoms. The fourth-order valence-electron chi connectivity index (χ4n) is 3.89. The molecular weight excluding hydrogens is 374 g/mol. The highest BCUT2D eigenvalue weighted by Gasteiger charge is 2.30. The molecule has 2 fully saturated rings. The van der Waals surface area contributed by atoms with Crippen LogP contribution in [-0.2, 0) is 20.9 Å². The van der Waals surface area contributed by atoms with Gasteiger partial charge in [0, 0.05) is 50.4 Å². The fourth-order valence-corrected chi connectivity index (χ4v) is 4.66. The van der Waals surface area contributed by atoms with Crippen LogP contribution >= 0.6 is 11.3 Å². The van der Waals surface area contributed by atoms with E-state index in [2.05, 4.69) is 39.9 Å². The molecule has 0 aliphatic carbocycles. The second-order valence-corrected chi connectivity index (χ2v) is 8.49. The van der Waals surface area contributed by atoms with Crippen LogP contribution in [-0.4, -0.2) is 67.6 Å². The number of ether oxygens (including phenoxy) is 1. The molecule has 1 atom stereocenters. The van der Waals surface area contributed by atoms with E-state index >= 15 is 0 Å². The third-order valence-corrected chi connectivity index (χ3v) is 6.54. The van der Waals surface area contributed by atoms with Gasteiger partial charge in [0.1, 0.15) is 0 Å². The van der Waals surface area contributed by atoms with Crippen molar-refractivity contribution >= 4 is 33.2 Å². The van der Waals surface area contributed by atoms with Gasteiger partial charge in [0.2, 0.25) is 11.8 Å². The van der Waals surface area contributed by atoms with E-state index in [4.69, 9.17) is 4.74 Å². The Balaban J connectivity index is 1.27. The van der Waals surface area contributed by atoms with E-state index in [1.54, 1.807) is 11.3 Å². The predicted octanol–water partition coefficient (Wildman–Crippen LogP) is 2.09. The van der Waals surface area contributed by atoms with Crippen molar-refractivity contribution in [1.82, 2.24) is 15.1 Å². The lowest BCUT2D eigenvalue weighted by Crippen LogP contribution is -2.49. The number of fused-ring (bicyclic) bond motifs is 1. The number of nitrogens with zero attached hydrogens (tertiary/aromatic N) is 2. The lowest BCUT2D eigenvalue weighted by atomic mass is 9.96. The summed E-state index contributed by atoms with van der Waals surface area (Å²) in [5.41, 5.74) is 1.11. The van der Waals surface area contributed by atoms with Crippen molar-refractivity contribution in [3.63, 3.8) is 0 Å². The minimum Gasteiger partial charge on any atom is -0.379 e. The van der Waals surface area contributed by atoms with Gasteiger partial charge in [0.25, 0.3) is 0 Å². The minimum atomic E-state index is -0.118. The first-order valence-electron chi connectivity index (χ1n) is 10.0. The third kappa shape index (κ3) is 4.71. The number of nitrogens with one attached hydrogen (secondary N) is 1. The Kier molecular flexibility index (Phi) is 6.24. The van der Waals surface area contributed by atoms with Gasteiger partial charge in [-0.3, -0.25) is 14.5 Å². The van der Waals surface area contributed by atoms with Gasteiger partial charge in [0.05, 0.1) is 19.1 Å². The van der Waals surface area contributed by atoms with Crippen LogP contribution in [0.4, 0.5) is 0 Å². The van der Waals surface area contributed by atoms with Gasteiger partial charge in [-0.1, -0.05) is 6.07 Å². The highest BCUT2D eigenvalue weighted by molar-refractivity contribution is 7.17. The molecule has 2 aromatic rings. The van der Waals surface area contributed by atoms with Crippen molar-refractivity contribution in [3.05, 3.63) is 35.2 Å². The van der Waals surface area contributed by atoms with Gasteiger partial charge in [-0.05, 0) is 40.9 Å². The molecule has 2 saturated heterocycles. The molecule has 6 nitrogen and oxygen atoms in total. The summed E-state index contributed by atoms with van der Waals surface area (Å²) in [7, 11) is 0. The fraction of sp³-hybridized carbons (Fsp3) is 0.524. The highest BCUT2D eigenvalue weighted by Crippen LogP contribution is 2.22. The standard InChI is InChI=1S/C21H27N3O3S/c25-20-4-2-18(15-24(20)7-6-23-8-10-27-11-9-23)21(26)22-14-16-1-3-19-17(13-16)5-12-28-19/h1,3,5,12-13,18H,2,4,6-11,14-15H2,(H,22,26)/t18-/m1/s1. The Labute approximate surface area is 169 Å². The van der Waals surface area contributed by atoms with E-state index < -0.39 is 0 Å². The number of rotatable bonds is 6. The number of hydrogen-bond acceptors (Lipinski definition) is 5. The third-order valence-electron chi connectivity index (χ3n) is 5.64. The van der Waals surface area contributed by atoms with Crippen LogP contribution in [0.25, 0.3) is 10.1 Å². The van der Waals surface area contributed by atoms with Crippen molar-refractivity contribution in [1.29, 1.82) is 0 Å². The first-order valence-corrected chi connectivity index (χ1v) is 10.9. The van der Waals surface area contributed by atoms with Crippen molar-refractivity contribution in [2.75, 3.05) is 45.9 Å². The zero-order chi connectivity index (χ0) is 19.3. The molecule has 3 heterocycles. The Hall–Kier alpha value is -1.96. The second-order valence-electron chi connectivity index (χ2n) is 7.54. The normalized spacial score (nSPS) is 21.2. The monoisotopic (exact) mass is 401 g/mol. The average Bonchev–Trinajstić information content (AvgIpc) is 3.20. The molecular formula is C21H27N3O3S. The molecule has 2 amide bonds. The maximum Gasteiger partial charge on any atom is 0.225 e. The van der Waals surface area contributed by atoms with Crippen LogP contribution in [0.2, 0.25) is 0 Å². The summed E-state index contributed by atoms with van der Waals surface area (Å²) in [6.45, 7) is 5.95. The zero-order valence-corrected chi connectivity index (χ0v) is 16.9. The maximum atomic E-state index is 12.7. The van der Waals surface area contributed by atoms with Crippen LogP contribution in [0, 0.1) is 5.92 Å². The summed E-state index contributed by atoms with van der Waals surface area (Å²) in [6, 6.07) is 8.40. The van der Waals surface area contributed by atoms with Gasteiger partial charge in [0.15, 0.2) is 0 Å². The highest BCUT2D eigenvalue weighted by atomic mass is 32.1. The molecule has 2 aliphatic rings. The second kappa shape index (κ2) is 9.03. The number of likely N-dealkylation sites (tertiary alicyclic amines) is 1. The van der Waals surface area contributed by atoms with Crippen LogP contribution in [0.15, 0.2) is 29.6 Å². The van der Waals surface area contributed by atoms with Gasteiger partial charge in [-0.2, -0.15) is 0 Å². The number of amides is 2. The topological polar surface area (TPSA) is 61.9 Å². The molecule has 0 bridgehead atoms. The molecule has 0 saturated carbocycles. The molecule has 1 aromatic heterocycles. The summed E-state index contributed by atoms with van der Waals surface area (Å²) in [4.78, 5) is 29.1. The largest absolute Gasteiger partial charge is 0.379 e. The number of carbonyl (C=O) groups is 2. The smallest absolute Gasteiger partial charge is 0.225 e. The van der Waals surface area contributed by atoms with E-state index in [9.17, 15) is 9.59 Å². The van der Waals surface area contributed by atoms with Gasteiger partial charge in [-0.25, -0.2) is 0 Å². The molecule has 4 rings (SSSR count). The summed E-state index contributed by atoms with van der Waals surface area (Å²) in [6.07, 6.45) is 1.10. The number of carbonyl (C=O) groups excluding carboxylic acids is 2. The number of thiophene rings is 1. The quantitative estimate of drug-likeness (QED) is 0.805. The molecule has 150 valence electrons. The Morgan fingerprint density at radius 1 is 1.21 bits per heavy atom. The molecule has 28 heavy (non-hydrogen) atoms. The minimum absolute atomic E-state index is 0.0503. The Bertz CT molecular complexity index is 831. The van der Waals surface area contributed by atoms with Gasteiger partial charge >= 0.3 is 0 Å². The molecule has 1 aromatic carbocycles. The lowest BCUT2D eigenvalue weighted by molar-refractivity contribution is -0.138. The van der Waals surface area contributed by atoms with Crippen molar-refractivity contribution in [2.24, 2.45) is 5.92 Å². The van der Waals surface area contributed by atoms with Crippen molar-refractivity contribution in [3.8, 4) is 0 Å². The van der Waals surface area contributed by atoms with E-state index in [-0.39, 0.29) is 17.7 Å². The van der Waals surface area contributed by atoms with Crippen LogP contribution < -0.4 is 5.32 Å². The van der Waals surface area contributed by atoms with Crippen LogP contribution in [0.5, 0.6) is 0 Å². The Morgan fingerprint density at radius 3 is 2.93 bits per heavy atom. The summed E-state index contributed by atoms with van der Waals surface area (Å²) in [5.74, 6) is 0.0989. The first kappa shape index (κ1) is 19.4. The number of hydrogen-bond donors (Lipinski definition) is 1. The van der Waals surface area contributed by atoms with Gasteiger partial charge < -0.3 is 15.0 Å². The Morgan fingerprint density at radius 2 is 2.07 bits per heavy atom. The number of piperidine rings is 1. The first-order chi connectivity index (χ1) is 13.7. The molecule has 2 aliphatic heterocycles. The summed E-state index contributed by atoms with van der Waals surface area (Å²) >= 11 is 1.72. The lowest BCUT2D eigenvalue weighted by Gasteiger charge is -2.34. The summed E-state index contributed by atoms with van der Waals surface area (Å²) < 4.78 is 6.63. The predicted molar refractivity (Wildman–Crippen MR) is 110 cm³/mol. The molecule has 0 unspecified atom stereocenters. The van der Waals surface area contributed by atoms with Crippen LogP contribution in [0.1, 0.15) is 18.4 Å². The maximum absolute atomic E-state index is 12.7. The van der Waals surface area contributed by atoms with Crippen LogP contribution in [0.3, 0.4) is 0 Å². The van der Waals surface area contributed by atoms with E-state index in [0.29, 0.717) is 32.5 Å². The molecule has 1 N–H and O–H groups in total. The van der Waals surface area contributed by atoms with E-state index in [1.807, 2.05) is 4.90 Å².